The molecule has 3 aromatic heterocycles. The van der Waals surface area contributed by atoms with Gasteiger partial charge in [0.05, 0.1) is 16.3 Å². The standard InChI is InChI=1S/C20H16ClN7O2S/c1-3-31(29,30)27-20-16(11-22)24-18(19(25-20)15-6-8-28(2)26-15)13-9-12-5-4-7-23-17(12)14(21)10-13/h4-10H,3H2,1-2H3,(H,25,27). The molecular weight excluding hydrogens is 438 g/mol. The molecule has 0 radical (unpaired) electrons. The molecule has 0 spiro atoms. The molecule has 156 valence electrons. The molecule has 3 heterocycles. The van der Waals surface area contributed by atoms with Crippen molar-refractivity contribution in [2.45, 2.75) is 6.92 Å². The predicted molar refractivity (Wildman–Crippen MR) is 118 cm³/mol. The van der Waals surface area contributed by atoms with Crippen molar-refractivity contribution >= 4 is 38.3 Å². The normalized spacial score (nSPS) is 11.4. The second-order valence-corrected chi connectivity index (χ2v) is 9.06. The molecule has 4 rings (SSSR count). The first-order valence-electron chi connectivity index (χ1n) is 9.18. The number of anilines is 1. The van der Waals surface area contributed by atoms with Gasteiger partial charge in [-0.15, -0.1) is 0 Å². The Balaban J connectivity index is 2.00. The van der Waals surface area contributed by atoms with Crippen LogP contribution in [0.25, 0.3) is 33.5 Å². The lowest BCUT2D eigenvalue weighted by Crippen LogP contribution is -2.17. The van der Waals surface area contributed by atoms with Crippen molar-refractivity contribution in [3.63, 3.8) is 0 Å². The predicted octanol–water partition coefficient (Wildman–Crippen LogP) is 3.38. The van der Waals surface area contributed by atoms with E-state index in [-0.39, 0.29) is 17.3 Å². The number of hydrogen-bond acceptors (Lipinski definition) is 7. The largest absolute Gasteiger partial charge is 0.275 e. The van der Waals surface area contributed by atoms with Crippen LogP contribution in [0.2, 0.25) is 5.02 Å². The maximum absolute atomic E-state index is 12.1. The molecule has 0 saturated carbocycles. The lowest BCUT2D eigenvalue weighted by molar-refractivity contribution is 0.602. The fraction of sp³-hybridized carbons (Fsp3) is 0.150. The summed E-state index contributed by atoms with van der Waals surface area (Å²) in [5, 5.41) is 15.2. The van der Waals surface area contributed by atoms with Crippen LogP contribution in [0.4, 0.5) is 5.82 Å². The minimum absolute atomic E-state index is 0.151. The molecule has 0 saturated heterocycles. The number of pyridine rings is 1. The molecular formula is C20H16ClN7O2S. The molecule has 0 aliphatic heterocycles. The van der Waals surface area contributed by atoms with Crippen molar-refractivity contribution in [1.29, 1.82) is 5.26 Å². The Kier molecular flexibility index (Phi) is 5.31. The van der Waals surface area contributed by atoms with E-state index in [0.717, 1.165) is 5.39 Å². The van der Waals surface area contributed by atoms with Gasteiger partial charge in [0, 0.05) is 30.4 Å². The van der Waals surface area contributed by atoms with E-state index >= 15 is 0 Å². The van der Waals surface area contributed by atoms with Gasteiger partial charge < -0.3 is 0 Å². The highest BCUT2D eigenvalue weighted by molar-refractivity contribution is 7.92. The van der Waals surface area contributed by atoms with Gasteiger partial charge in [0.25, 0.3) is 0 Å². The van der Waals surface area contributed by atoms with E-state index in [2.05, 4.69) is 24.8 Å². The summed E-state index contributed by atoms with van der Waals surface area (Å²) < 4.78 is 28.1. The van der Waals surface area contributed by atoms with Gasteiger partial charge in [-0.1, -0.05) is 17.7 Å². The third-order valence-electron chi connectivity index (χ3n) is 4.52. The van der Waals surface area contributed by atoms with E-state index in [1.165, 1.54) is 6.92 Å². The Morgan fingerprint density at radius 2 is 2.03 bits per heavy atom. The molecule has 9 nitrogen and oxygen atoms in total. The Hall–Kier alpha value is -3.55. The van der Waals surface area contributed by atoms with Crippen LogP contribution in [0, 0.1) is 11.3 Å². The first kappa shape index (κ1) is 20.7. The fourth-order valence-corrected chi connectivity index (χ4v) is 3.87. The molecule has 0 aliphatic rings. The summed E-state index contributed by atoms with van der Waals surface area (Å²) in [4.78, 5) is 13.2. The molecule has 0 aliphatic carbocycles. The summed E-state index contributed by atoms with van der Waals surface area (Å²) in [5.41, 5.74) is 2.20. The molecule has 0 bridgehead atoms. The van der Waals surface area contributed by atoms with Crippen molar-refractivity contribution in [1.82, 2.24) is 24.7 Å². The number of hydrogen-bond donors (Lipinski definition) is 1. The molecule has 1 N–H and O–H groups in total. The Labute approximate surface area is 183 Å². The highest BCUT2D eigenvalue weighted by Crippen LogP contribution is 2.34. The summed E-state index contributed by atoms with van der Waals surface area (Å²) in [6, 6.07) is 10.8. The van der Waals surface area contributed by atoms with Gasteiger partial charge in [0.15, 0.2) is 11.5 Å². The zero-order valence-corrected chi connectivity index (χ0v) is 18.1. The quantitative estimate of drug-likeness (QED) is 0.490. The number of aromatic nitrogens is 5. The van der Waals surface area contributed by atoms with E-state index in [0.29, 0.717) is 33.2 Å². The van der Waals surface area contributed by atoms with Crippen molar-refractivity contribution in [3.05, 3.63) is 53.4 Å². The Bertz CT molecular complexity index is 1460. The Morgan fingerprint density at radius 1 is 1.23 bits per heavy atom. The molecule has 0 atom stereocenters. The van der Waals surface area contributed by atoms with Gasteiger partial charge in [-0.25, -0.2) is 18.4 Å². The van der Waals surface area contributed by atoms with Crippen LogP contribution in [-0.2, 0) is 17.1 Å². The maximum atomic E-state index is 12.1. The second kappa shape index (κ2) is 7.94. The van der Waals surface area contributed by atoms with Gasteiger partial charge in [-0.3, -0.25) is 14.4 Å². The number of sulfonamides is 1. The van der Waals surface area contributed by atoms with Crippen molar-refractivity contribution < 1.29 is 8.42 Å². The third-order valence-corrected chi connectivity index (χ3v) is 6.07. The van der Waals surface area contributed by atoms with Crippen molar-refractivity contribution in [3.8, 4) is 28.7 Å². The highest BCUT2D eigenvalue weighted by Gasteiger charge is 2.21. The Morgan fingerprint density at radius 3 is 2.71 bits per heavy atom. The van der Waals surface area contributed by atoms with E-state index in [1.54, 1.807) is 42.3 Å². The monoisotopic (exact) mass is 453 g/mol. The van der Waals surface area contributed by atoms with Crippen LogP contribution in [0.5, 0.6) is 0 Å². The van der Waals surface area contributed by atoms with Crippen LogP contribution in [0.3, 0.4) is 0 Å². The second-order valence-electron chi connectivity index (χ2n) is 6.64. The van der Waals surface area contributed by atoms with Gasteiger partial charge in [-0.2, -0.15) is 10.4 Å². The van der Waals surface area contributed by atoms with Crippen molar-refractivity contribution in [2.75, 3.05) is 10.5 Å². The number of benzene rings is 1. The zero-order valence-electron chi connectivity index (χ0n) is 16.5. The number of fused-ring (bicyclic) bond motifs is 1. The SMILES string of the molecule is CCS(=O)(=O)Nc1nc(-c2ccn(C)n2)c(-c2cc(Cl)c3ncccc3c2)nc1C#N. The van der Waals surface area contributed by atoms with Crippen LogP contribution >= 0.6 is 11.6 Å². The molecule has 1 aromatic carbocycles. The average molecular weight is 454 g/mol. The van der Waals surface area contributed by atoms with Crippen LogP contribution < -0.4 is 4.72 Å². The summed E-state index contributed by atoms with van der Waals surface area (Å²) in [5.74, 6) is -0.324. The number of nitriles is 1. The smallest absolute Gasteiger partial charge is 0.233 e. The zero-order chi connectivity index (χ0) is 22.2. The van der Waals surface area contributed by atoms with E-state index in [9.17, 15) is 13.7 Å². The molecule has 11 heteroatoms. The molecule has 0 fully saturated rings. The van der Waals surface area contributed by atoms with Gasteiger partial charge >= 0.3 is 0 Å². The average Bonchev–Trinajstić information content (AvgIpc) is 3.19. The van der Waals surface area contributed by atoms with Gasteiger partial charge in [-0.05, 0) is 31.2 Å². The molecule has 31 heavy (non-hydrogen) atoms. The number of nitrogens with one attached hydrogen (secondary N) is 1. The topological polar surface area (TPSA) is 126 Å². The van der Waals surface area contributed by atoms with Crippen LogP contribution in [0.1, 0.15) is 12.6 Å². The number of aryl methyl sites for hydroxylation is 1. The summed E-state index contributed by atoms with van der Waals surface area (Å²) >= 11 is 6.44. The lowest BCUT2D eigenvalue weighted by atomic mass is 10.0. The molecule has 4 aromatic rings. The minimum atomic E-state index is -3.67. The van der Waals surface area contributed by atoms with Crippen molar-refractivity contribution in [2.24, 2.45) is 7.05 Å². The minimum Gasteiger partial charge on any atom is -0.275 e. The third kappa shape index (κ3) is 4.05. The van der Waals surface area contributed by atoms with E-state index < -0.39 is 10.0 Å². The first-order chi connectivity index (χ1) is 14.8. The summed E-state index contributed by atoms with van der Waals surface area (Å²) in [6.45, 7) is 1.49. The summed E-state index contributed by atoms with van der Waals surface area (Å²) in [6.07, 6.45) is 3.38. The fourth-order valence-electron chi connectivity index (χ4n) is 3.01. The molecule has 0 amide bonds. The van der Waals surface area contributed by atoms with E-state index in [1.807, 2.05) is 18.2 Å². The number of halogens is 1. The van der Waals surface area contributed by atoms with E-state index in [4.69, 9.17) is 11.6 Å². The maximum Gasteiger partial charge on any atom is 0.233 e. The lowest BCUT2D eigenvalue weighted by Gasteiger charge is -2.13. The first-order valence-corrected chi connectivity index (χ1v) is 11.2. The van der Waals surface area contributed by atoms with Crippen LogP contribution in [-0.4, -0.2) is 38.9 Å². The van der Waals surface area contributed by atoms with Gasteiger partial charge in [0.1, 0.15) is 23.2 Å². The van der Waals surface area contributed by atoms with Crippen LogP contribution in [0.15, 0.2) is 42.7 Å². The number of rotatable bonds is 5. The van der Waals surface area contributed by atoms with Gasteiger partial charge in [0.2, 0.25) is 10.0 Å². The number of nitrogens with zero attached hydrogens (tertiary/aromatic N) is 6. The molecule has 0 unspecified atom stereocenters. The summed E-state index contributed by atoms with van der Waals surface area (Å²) in [7, 11) is -1.92. The highest BCUT2D eigenvalue weighted by atomic mass is 35.5.